The Bertz CT molecular complexity index is 655. The van der Waals surface area contributed by atoms with Gasteiger partial charge in [-0.3, -0.25) is 4.79 Å². The smallest absolute Gasteiger partial charge is 0.272 e. The SMILES string of the molecule is Cc1cc(C(=O)NC(C)CCCO)nn1-c1cccc(Cl)c1. The molecule has 0 aliphatic carbocycles. The molecular weight excluding hydrogens is 302 g/mol. The fourth-order valence-electron chi connectivity index (χ4n) is 2.22. The van der Waals surface area contributed by atoms with Gasteiger partial charge in [0.1, 0.15) is 0 Å². The molecular formula is C16H20ClN3O2. The number of aryl methyl sites for hydroxylation is 1. The predicted octanol–water partition coefficient (Wildman–Crippen LogP) is 2.72. The number of aromatic nitrogens is 2. The Labute approximate surface area is 134 Å². The van der Waals surface area contributed by atoms with Crippen molar-refractivity contribution in [1.29, 1.82) is 0 Å². The molecule has 1 amide bonds. The van der Waals surface area contributed by atoms with Crippen LogP contribution in [0.4, 0.5) is 0 Å². The first-order valence-electron chi connectivity index (χ1n) is 7.25. The molecule has 0 saturated carbocycles. The van der Waals surface area contributed by atoms with E-state index in [1.165, 1.54) is 0 Å². The van der Waals surface area contributed by atoms with Gasteiger partial charge in [0.05, 0.1) is 5.69 Å². The number of nitrogens with one attached hydrogen (secondary N) is 1. The third-order valence-electron chi connectivity index (χ3n) is 3.35. The molecule has 2 N–H and O–H groups in total. The molecule has 1 unspecified atom stereocenters. The topological polar surface area (TPSA) is 67.2 Å². The van der Waals surface area contributed by atoms with Crippen molar-refractivity contribution in [1.82, 2.24) is 15.1 Å². The van der Waals surface area contributed by atoms with Crippen molar-refractivity contribution < 1.29 is 9.90 Å². The quantitative estimate of drug-likeness (QED) is 0.859. The second-order valence-electron chi connectivity index (χ2n) is 5.30. The van der Waals surface area contributed by atoms with E-state index >= 15 is 0 Å². The van der Waals surface area contributed by atoms with Gasteiger partial charge in [-0.25, -0.2) is 4.68 Å². The molecule has 6 heteroatoms. The van der Waals surface area contributed by atoms with Crippen LogP contribution >= 0.6 is 11.6 Å². The molecule has 0 aliphatic heterocycles. The Hall–Kier alpha value is -1.85. The number of carbonyl (C=O) groups is 1. The van der Waals surface area contributed by atoms with Crippen LogP contribution < -0.4 is 5.32 Å². The Kier molecular flexibility index (Phi) is 5.57. The van der Waals surface area contributed by atoms with Gasteiger partial charge in [-0.1, -0.05) is 17.7 Å². The van der Waals surface area contributed by atoms with Crippen LogP contribution in [0.2, 0.25) is 5.02 Å². The fraction of sp³-hybridized carbons (Fsp3) is 0.375. The van der Waals surface area contributed by atoms with Crippen molar-refractivity contribution in [3.8, 4) is 5.69 Å². The van der Waals surface area contributed by atoms with E-state index in [9.17, 15) is 4.79 Å². The minimum atomic E-state index is -0.214. The summed E-state index contributed by atoms with van der Waals surface area (Å²) < 4.78 is 1.69. The summed E-state index contributed by atoms with van der Waals surface area (Å²) in [5.41, 5.74) is 2.04. The highest BCUT2D eigenvalue weighted by Gasteiger charge is 2.15. The summed E-state index contributed by atoms with van der Waals surface area (Å²) in [5, 5.41) is 16.7. The van der Waals surface area contributed by atoms with E-state index in [1.54, 1.807) is 22.9 Å². The number of amides is 1. The van der Waals surface area contributed by atoms with E-state index < -0.39 is 0 Å². The molecule has 118 valence electrons. The van der Waals surface area contributed by atoms with Crippen LogP contribution in [-0.2, 0) is 0 Å². The van der Waals surface area contributed by atoms with Crippen LogP contribution in [0.5, 0.6) is 0 Å². The molecule has 1 aromatic carbocycles. The van der Waals surface area contributed by atoms with Gasteiger partial charge in [-0.15, -0.1) is 0 Å². The van der Waals surface area contributed by atoms with Crippen LogP contribution in [0.15, 0.2) is 30.3 Å². The molecule has 2 aromatic rings. The van der Waals surface area contributed by atoms with E-state index in [2.05, 4.69) is 10.4 Å². The summed E-state index contributed by atoms with van der Waals surface area (Å²) in [6.07, 6.45) is 1.40. The molecule has 0 fully saturated rings. The lowest BCUT2D eigenvalue weighted by molar-refractivity contribution is 0.0931. The van der Waals surface area contributed by atoms with E-state index in [0.29, 0.717) is 17.1 Å². The van der Waals surface area contributed by atoms with E-state index in [1.807, 2.05) is 26.0 Å². The number of aliphatic hydroxyl groups excluding tert-OH is 1. The van der Waals surface area contributed by atoms with Crippen molar-refractivity contribution in [3.05, 3.63) is 46.7 Å². The molecule has 1 atom stereocenters. The van der Waals surface area contributed by atoms with Gasteiger partial charge in [0, 0.05) is 23.4 Å². The van der Waals surface area contributed by atoms with Gasteiger partial charge in [0.25, 0.3) is 5.91 Å². The second-order valence-corrected chi connectivity index (χ2v) is 5.74. The maximum absolute atomic E-state index is 12.2. The highest BCUT2D eigenvalue weighted by molar-refractivity contribution is 6.30. The molecule has 22 heavy (non-hydrogen) atoms. The lowest BCUT2D eigenvalue weighted by Crippen LogP contribution is -2.33. The molecule has 0 spiro atoms. The first-order chi connectivity index (χ1) is 10.5. The lowest BCUT2D eigenvalue weighted by atomic mass is 10.2. The number of rotatable bonds is 6. The van der Waals surface area contributed by atoms with E-state index in [0.717, 1.165) is 17.8 Å². The van der Waals surface area contributed by atoms with Crippen molar-refractivity contribution >= 4 is 17.5 Å². The molecule has 2 rings (SSSR count). The van der Waals surface area contributed by atoms with E-state index in [4.69, 9.17) is 16.7 Å². The Morgan fingerprint density at radius 3 is 2.91 bits per heavy atom. The first-order valence-corrected chi connectivity index (χ1v) is 7.63. The Morgan fingerprint density at radius 2 is 2.23 bits per heavy atom. The zero-order chi connectivity index (χ0) is 16.1. The molecule has 1 aromatic heterocycles. The van der Waals surface area contributed by atoms with Gasteiger partial charge < -0.3 is 10.4 Å². The molecule has 0 bridgehead atoms. The summed E-state index contributed by atoms with van der Waals surface area (Å²) in [6, 6.07) is 9.06. The molecule has 1 heterocycles. The standard InChI is InChI=1S/C16H20ClN3O2/c1-11(5-4-8-21)18-16(22)15-9-12(2)20(19-15)14-7-3-6-13(17)10-14/h3,6-7,9-11,21H,4-5,8H2,1-2H3,(H,18,22). The summed E-state index contributed by atoms with van der Waals surface area (Å²) in [5.74, 6) is -0.214. The van der Waals surface area contributed by atoms with Crippen LogP contribution in [0, 0.1) is 6.92 Å². The van der Waals surface area contributed by atoms with Gasteiger partial charge in [-0.05, 0) is 51.0 Å². The van der Waals surface area contributed by atoms with E-state index in [-0.39, 0.29) is 18.6 Å². The number of benzene rings is 1. The Balaban J connectivity index is 2.14. The minimum Gasteiger partial charge on any atom is -0.396 e. The summed E-state index contributed by atoms with van der Waals surface area (Å²) >= 11 is 5.99. The minimum absolute atomic E-state index is 0.00345. The monoisotopic (exact) mass is 321 g/mol. The maximum Gasteiger partial charge on any atom is 0.272 e. The lowest BCUT2D eigenvalue weighted by Gasteiger charge is -2.11. The normalized spacial score (nSPS) is 12.2. The number of hydrogen-bond acceptors (Lipinski definition) is 3. The van der Waals surface area contributed by atoms with Crippen LogP contribution in [0.25, 0.3) is 5.69 Å². The fourth-order valence-corrected chi connectivity index (χ4v) is 2.41. The van der Waals surface area contributed by atoms with Crippen LogP contribution in [-0.4, -0.2) is 33.4 Å². The molecule has 0 radical (unpaired) electrons. The summed E-state index contributed by atoms with van der Waals surface area (Å²) in [7, 11) is 0. The third kappa shape index (κ3) is 4.08. The molecule has 5 nitrogen and oxygen atoms in total. The average Bonchev–Trinajstić information content (AvgIpc) is 2.87. The Morgan fingerprint density at radius 1 is 1.45 bits per heavy atom. The van der Waals surface area contributed by atoms with Crippen LogP contribution in [0.1, 0.15) is 35.9 Å². The van der Waals surface area contributed by atoms with Crippen molar-refractivity contribution in [2.75, 3.05) is 6.61 Å². The third-order valence-corrected chi connectivity index (χ3v) is 3.58. The van der Waals surface area contributed by atoms with Gasteiger partial charge in [0.15, 0.2) is 5.69 Å². The average molecular weight is 322 g/mol. The van der Waals surface area contributed by atoms with Gasteiger partial charge in [0.2, 0.25) is 0 Å². The summed E-state index contributed by atoms with van der Waals surface area (Å²) in [4.78, 5) is 12.2. The molecule has 0 aliphatic rings. The number of nitrogens with zero attached hydrogens (tertiary/aromatic N) is 2. The summed E-state index contributed by atoms with van der Waals surface area (Å²) in [6.45, 7) is 3.93. The number of halogens is 1. The highest BCUT2D eigenvalue weighted by Crippen LogP contribution is 2.17. The van der Waals surface area contributed by atoms with Gasteiger partial charge in [-0.2, -0.15) is 5.10 Å². The highest BCUT2D eigenvalue weighted by atomic mass is 35.5. The zero-order valence-electron chi connectivity index (χ0n) is 12.7. The zero-order valence-corrected chi connectivity index (χ0v) is 13.5. The second kappa shape index (κ2) is 7.42. The largest absolute Gasteiger partial charge is 0.396 e. The van der Waals surface area contributed by atoms with Crippen molar-refractivity contribution in [3.63, 3.8) is 0 Å². The van der Waals surface area contributed by atoms with Crippen molar-refractivity contribution in [2.24, 2.45) is 0 Å². The van der Waals surface area contributed by atoms with Gasteiger partial charge >= 0.3 is 0 Å². The number of carbonyl (C=O) groups excluding carboxylic acids is 1. The number of hydrogen-bond donors (Lipinski definition) is 2. The number of aliphatic hydroxyl groups is 1. The molecule has 0 saturated heterocycles. The van der Waals surface area contributed by atoms with Crippen LogP contribution in [0.3, 0.4) is 0 Å². The maximum atomic E-state index is 12.2. The first kappa shape index (κ1) is 16.5. The predicted molar refractivity (Wildman–Crippen MR) is 86.6 cm³/mol. The van der Waals surface area contributed by atoms with Crippen molar-refractivity contribution in [2.45, 2.75) is 32.7 Å².